The van der Waals surface area contributed by atoms with E-state index in [1.165, 1.54) is 0 Å². The Labute approximate surface area is 170 Å². The minimum absolute atomic E-state index is 0.0595. The summed E-state index contributed by atoms with van der Waals surface area (Å²) in [5, 5.41) is 11.5. The van der Waals surface area contributed by atoms with Crippen LogP contribution in [0.2, 0.25) is 5.02 Å². The maximum Gasteiger partial charge on any atom is 0.240 e. The first-order valence-electron chi connectivity index (χ1n) is 8.91. The predicted molar refractivity (Wildman–Crippen MR) is 112 cm³/mol. The number of aryl methyl sites for hydroxylation is 1. The molecule has 146 valence electrons. The fourth-order valence-electron chi connectivity index (χ4n) is 3.00. The van der Waals surface area contributed by atoms with Gasteiger partial charge in [-0.25, -0.2) is 13.1 Å². The van der Waals surface area contributed by atoms with Gasteiger partial charge in [-0.3, -0.25) is 0 Å². The van der Waals surface area contributed by atoms with E-state index < -0.39 is 22.0 Å². The summed E-state index contributed by atoms with van der Waals surface area (Å²) >= 11 is 5.94. The minimum atomic E-state index is -3.68. The molecule has 0 aromatic heterocycles. The van der Waals surface area contributed by atoms with Crippen molar-refractivity contribution < 1.29 is 13.5 Å². The number of hydrogen-bond acceptors (Lipinski definition) is 3. The third kappa shape index (κ3) is 5.00. The zero-order chi connectivity index (χ0) is 20.1. The second-order valence-corrected chi connectivity index (χ2v) is 8.88. The van der Waals surface area contributed by atoms with Crippen molar-refractivity contribution in [1.29, 1.82) is 0 Å². The zero-order valence-electron chi connectivity index (χ0n) is 15.4. The lowest BCUT2D eigenvalue weighted by atomic mass is 9.89. The average molecular weight is 416 g/mol. The van der Waals surface area contributed by atoms with E-state index in [0.29, 0.717) is 10.6 Å². The highest BCUT2D eigenvalue weighted by Gasteiger charge is 2.25. The van der Waals surface area contributed by atoms with E-state index in [-0.39, 0.29) is 11.4 Å². The van der Waals surface area contributed by atoms with Crippen LogP contribution in [0.5, 0.6) is 0 Å². The Morgan fingerprint density at radius 1 is 0.893 bits per heavy atom. The fourth-order valence-corrected chi connectivity index (χ4v) is 4.19. The highest BCUT2D eigenvalue weighted by atomic mass is 35.5. The van der Waals surface area contributed by atoms with Gasteiger partial charge in [0.1, 0.15) is 0 Å². The number of aliphatic hydroxyl groups excluding tert-OH is 1. The maximum atomic E-state index is 12.7. The summed E-state index contributed by atoms with van der Waals surface area (Å²) in [4.78, 5) is 0.200. The van der Waals surface area contributed by atoms with Gasteiger partial charge in [0.05, 0.1) is 11.0 Å². The van der Waals surface area contributed by atoms with Crippen molar-refractivity contribution >= 4 is 21.6 Å². The molecule has 0 saturated heterocycles. The van der Waals surface area contributed by atoms with Gasteiger partial charge in [-0.15, -0.1) is 0 Å². The molecule has 0 radical (unpaired) electrons. The van der Waals surface area contributed by atoms with Crippen LogP contribution in [0, 0.1) is 6.92 Å². The number of nitrogens with one attached hydrogen (secondary N) is 1. The van der Waals surface area contributed by atoms with Crippen LogP contribution in [-0.2, 0) is 10.0 Å². The molecule has 0 amide bonds. The second-order valence-electron chi connectivity index (χ2n) is 6.68. The van der Waals surface area contributed by atoms with Gasteiger partial charge >= 0.3 is 0 Å². The molecule has 0 fully saturated rings. The topological polar surface area (TPSA) is 66.4 Å². The minimum Gasteiger partial charge on any atom is -0.388 e. The van der Waals surface area contributed by atoms with Crippen molar-refractivity contribution in [2.75, 3.05) is 6.54 Å². The Bertz CT molecular complexity index is 1000. The van der Waals surface area contributed by atoms with Gasteiger partial charge in [0.25, 0.3) is 0 Å². The summed E-state index contributed by atoms with van der Waals surface area (Å²) in [7, 11) is -3.68. The molecule has 6 heteroatoms. The Balaban J connectivity index is 1.85. The van der Waals surface area contributed by atoms with E-state index in [0.717, 1.165) is 11.1 Å². The monoisotopic (exact) mass is 415 g/mol. The van der Waals surface area contributed by atoms with Crippen molar-refractivity contribution in [3.05, 3.63) is 101 Å². The van der Waals surface area contributed by atoms with Crippen LogP contribution in [0.3, 0.4) is 0 Å². The van der Waals surface area contributed by atoms with Gasteiger partial charge in [0.15, 0.2) is 0 Å². The van der Waals surface area contributed by atoms with Crippen molar-refractivity contribution in [3.8, 4) is 0 Å². The van der Waals surface area contributed by atoms with Crippen LogP contribution in [0.25, 0.3) is 0 Å². The van der Waals surface area contributed by atoms with Gasteiger partial charge in [-0.1, -0.05) is 71.8 Å². The summed E-state index contributed by atoms with van der Waals surface area (Å²) in [6, 6.07) is 22.9. The van der Waals surface area contributed by atoms with Gasteiger partial charge in [-0.2, -0.15) is 0 Å². The van der Waals surface area contributed by atoms with Crippen molar-refractivity contribution in [1.82, 2.24) is 4.72 Å². The molecule has 0 saturated carbocycles. The van der Waals surface area contributed by atoms with E-state index in [9.17, 15) is 13.5 Å². The fraction of sp³-hybridized carbons (Fsp3) is 0.182. The van der Waals surface area contributed by atoms with Crippen LogP contribution in [0.15, 0.2) is 83.8 Å². The lowest BCUT2D eigenvalue weighted by Crippen LogP contribution is -2.31. The average Bonchev–Trinajstić information content (AvgIpc) is 2.69. The van der Waals surface area contributed by atoms with Crippen LogP contribution in [0.4, 0.5) is 0 Å². The standard InChI is InChI=1S/C22H22ClNO3S/c1-16-7-13-20(14-8-16)28(26,27)24-15-21(17-5-3-2-4-6-17)22(25)18-9-11-19(23)12-10-18/h2-14,21-22,24-25H,15H2,1H3/t21-,22+/m0/s1. The Hall–Kier alpha value is -2.18. The van der Waals surface area contributed by atoms with Gasteiger partial charge < -0.3 is 5.11 Å². The summed E-state index contributed by atoms with van der Waals surface area (Å²) in [5.41, 5.74) is 2.50. The number of aliphatic hydroxyl groups is 1. The molecule has 4 nitrogen and oxygen atoms in total. The molecular weight excluding hydrogens is 394 g/mol. The molecule has 0 heterocycles. The smallest absolute Gasteiger partial charge is 0.240 e. The number of hydrogen-bond donors (Lipinski definition) is 2. The molecular formula is C22H22ClNO3S. The second kappa shape index (κ2) is 8.88. The molecule has 2 atom stereocenters. The number of rotatable bonds is 7. The predicted octanol–water partition coefficient (Wildman–Crippen LogP) is 4.44. The molecule has 0 aliphatic rings. The maximum absolute atomic E-state index is 12.7. The van der Waals surface area contributed by atoms with Gasteiger partial charge in [0.2, 0.25) is 10.0 Å². The van der Waals surface area contributed by atoms with Crippen LogP contribution in [0.1, 0.15) is 28.7 Å². The first-order chi connectivity index (χ1) is 13.4. The summed E-state index contributed by atoms with van der Waals surface area (Å²) in [5.74, 6) is -0.456. The highest BCUT2D eigenvalue weighted by Crippen LogP contribution is 2.31. The van der Waals surface area contributed by atoms with Crippen LogP contribution < -0.4 is 4.72 Å². The Morgan fingerprint density at radius 2 is 1.50 bits per heavy atom. The lowest BCUT2D eigenvalue weighted by Gasteiger charge is -2.24. The Kier molecular flexibility index (Phi) is 6.52. The third-order valence-electron chi connectivity index (χ3n) is 4.64. The Morgan fingerprint density at radius 3 is 2.11 bits per heavy atom. The largest absolute Gasteiger partial charge is 0.388 e. The van der Waals surface area contributed by atoms with Crippen LogP contribution >= 0.6 is 11.6 Å². The van der Waals surface area contributed by atoms with E-state index in [4.69, 9.17) is 11.6 Å². The molecule has 0 bridgehead atoms. The number of sulfonamides is 1. The SMILES string of the molecule is Cc1ccc(S(=O)(=O)NC[C@@H](c2ccccc2)[C@H](O)c2ccc(Cl)cc2)cc1. The molecule has 0 spiro atoms. The van der Waals surface area contributed by atoms with E-state index in [1.54, 1.807) is 48.5 Å². The molecule has 2 N–H and O–H groups in total. The molecule has 0 unspecified atom stereocenters. The zero-order valence-corrected chi connectivity index (χ0v) is 17.0. The van der Waals surface area contributed by atoms with Crippen molar-refractivity contribution in [2.45, 2.75) is 23.8 Å². The van der Waals surface area contributed by atoms with E-state index >= 15 is 0 Å². The van der Waals surface area contributed by atoms with Crippen molar-refractivity contribution in [2.24, 2.45) is 0 Å². The summed E-state index contributed by atoms with van der Waals surface area (Å²) < 4.78 is 28.0. The van der Waals surface area contributed by atoms with Crippen molar-refractivity contribution in [3.63, 3.8) is 0 Å². The molecule has 3 rings (SSSR count). The number of halogens is 1. The summed E-state index contributed by atoms with van der Waals surface area (Å²) in [6.45, 7) is 1.96. The number of benzene rings is 3. The molecule has 3 aromatic carbocycles. The third-order valence-corrected chi connectivity index (χ3v) is 6.34. The lowest BCUT2D eigenvalue weighted by molar-refractivity contribution is 0.146. The summed E-state index contributed by atoms with van der Waals surface area (Å²) in [6.07, 6.45) is -0.889. The molecule has 0 aliphatic carbocycles. The normalized spacial score (nSPS) is 13.8. The first kappa shape index (κ1) is 20.6. The van der Waals surface area contributed by atoms with E-state index in [2.05, 4.69) is 4.72 Å². The van der Waals surface area contributed by atoms with E-state index in [1.807, 2.05) is 37.3 Å². The molecule has 3 aromatic rings. The van der Waals surface area contributed by atoms with Gasteiger partial charge in [-0.05, 0) is 42.3 Å². The van der Waals surface area contributed by atoms with Gasteiger partial charge in [0, 0.05) is 17.5 Å². The van der Waals surface area contributed by atoms with Crippen LogP contribution in [-0.4, -0.2) is 20.1 Å². The molecule has 28 heavy (non-hydrogen) atoms. The highest BCUT2D eigenvalue weighted by molar-refractivity contribution is 7.89. The first-order valence-corrected chi connectivity index (χ1v) is 10.8. The molecule has 0 aliphatic heterocycles. The quantitative estimate of drug-likeness (QED) is 0.599.